The van der Waals surface area contributed by atoms with E-state index in [1.165, 1.54) is 11.0 Å². The van der Waals surface area contributed by atoms with Crippen LogP contribution < -0.4 is 5.73 Å². The predicted octanol–water partition coefficient (Wildman–Crippen LogP) is 1.73. The van der Waals surface area contributed by atoms with Crippen LogP contribution >= 0.6 is 15.9 Å². The fraction of sp³-hybridized carbons (Fsp3) is 0.353. The van der Waals surface area contributed by atoms with Gasteiger partial charge in [0.05, 0.1) is 5.92 Å². The van der Waals surface area contributed by atoms with Crippen LogP contribution in [0.2, 0.25) is 0 Å². The third-order valence-corrected chi connectivity index (χ3v) is 4.54. The number of likely N-dealkylation sites (tertiary alicyclic amines) is 1. The lowest BCUT2D eigenvalue weighted by Gasteiger charge is -2.30. The van der Waals surface area contributed by atoms with Crippen LogP contribution in [0, 0.1) is 5.92 Å². The van der Waals surface area contributed by atoms with Crippen molar-refractivity contribution >= 4 is 39.8 Å². The van der Waals surface area contributed by atoms with Gasteiger partial charge in [0.25, 0.3) is 5.91 Å². The van der Waals surface area contributed by atoms with E-state index in [1.807, 2.05) is 24.3 Å². The van der Waals surface area contributed by atoms with Gasteiger partial charge in [-0.15, -0.1) is 0 Å². The Kier molecular flexibility index (Phi) is 6.54. The molecule has 1 atom stereocenters. The lowest BCUT2D eigenvalue weighted by molar-refractivity contribution is -0.149. The average Bonchev–Trinajstić information content (AvgIpc) is 2.59. The van der Waals surface area contributed by atoms with Gasteiger partial charge in [-0.25, -0.2) is 4.79 Å². The van der Waals surface area contributed by atoms with Crippen LogP contribution in [-0.4, -0.2) is 42.4 Å². The Morgan fingerprint density at radius 1 is 1.33 bits per heavy atom. The fourth-order valence-corrected chi connectivity index (χ4v) is 2.89. The monoisotopic (exact) mass is 394 g/mol. The molecule has 2 N–H and O–H groups in total. The van der Waals surface area contributed by atoms with Gasteiger partial charge in [0, 0.05) is 23.6 Å². The first kappa shape index (κ1) is 18.2. The minimum atomic E-state index is -0.595. The second kappa shape index (κ2) is 8.63. The zero-order valence-electron chi connectivity index (χ0n) is 13.1. The van der Waals surface area contributed by atoms with Crippen molar-refractivity contribution in [3.05, 3.63) is 40.4 Å². The number of ether oxygens (including phenoxy) is 1. The quantitative estimate of drug-likeness (QED) is 0.608. The number of hydrogen-bond donors (Lipinski definition) is 1. The molecule has 1 aliphatic rings. The van der Waals surface area contributed by atoms with Crippen molar-refractivity contribution in [3.63, 3.8) is 0 Å². The summed E-state index contributed by atoms with van der Waals surface area (Å²) >= 11 is 3.38. The molecule has 0 aliphatic carbocycles. The number of piperidine rings is 1. The summed E-state index contributed by atoms with van der Waals surface area (Å²) in [7, 11) is 0. The first-order valence-electron chi connectivity index (χ1n) is 7.64. The van der Waals surface area contributed by atoms with Gasteiger partial charge in [0.15, 0.2) is 6.61 Å². The first-order valence-corrected chi connectivity index (χ1v) is 8.43. The van der Waals surface area contributed by atoms with Gasteiger partial charge in [-0.05, 0) is 30.5 Å². The minimum absolute atomic E-state index is 0.290. The molecule has 128 valence electrons. The first-order chi connectivity index (χ1) is 11.5. The third-order valence-electron chi connectivity index (χ3n) is 3.82. The summed E-state index contributed by atoms with van der Waals surface area (Å²) in [6, 6.07) is 7.43. The number of benzene rings is 1. The van der Waals surface area contributed by atoms with Gasteiger partial charge in [0.2, 0.25) is 5.91 Å². The molecule has 1 fully saturated rings. The van der Waals surface area contributed by atoms with Crippen LogP contribution in [0.25, 0.3) is 6.08 Å². The topological polar surface area (TPSA) is 89.7 Å². The summed E-state index contributed by atoms with van der Waals surface area (Å²) in [4.78, 5) is 36.5. The number of nitrogens with zero attached hydrogens (tertiary/aromatic N) is 1. The van der Waals surface area contributed by atoms with E-state index in [9.17, 15) is 14.4 Å². The molecule has 0 aromatic heterocycles. The maximum absolute atomic E-state index is 12.1. The molecule has 1 aromatic rings. The number of primary amides is 1. The van der Waals surface area contributed by atoms with Crippen molar-refractivity contribution in [3.8, 4) is 0 Å². The van der Waals surface area contributed by atoms with Crippen molar-refractivity contribution < 1.29 is 19.1 Å². The molecule has 1 aliphatic heterocycles. The van der Waals surface area contributed by atoms with E-state index in [-0.39, 0.29) is 18.4 Å². The Morgan fingerprint density at radius 2 is 2.08 bits per heavy atom. The fourth-order valence-electron chi connectivity index (χ4n) is 2.48. The Labute approximate surface area is 148 Å². The maximum atomic E-state index is 12.1. The SMILES string of the molecule is NC(=O)[C@@H]1CCCN(C(=O)COC(=O)/C=C/c2ccccc2Br)C1. The molecule has 1 heterocycles. The molecule has 2 amide bonds. The number of hydrogen-bond acceptors (Lipinski definition) is 4. The van der Waals surface area contributed by atoms with Gasteiger partial charge in [-0.2, -0.15) is 0 Å². The average molecular weight is 395 g/mol. The zero-order chi connectivity index (χ0) is 17.5. The van der Waals surface area contributed by atoms with E-state index in [0.717, 1.165) is 16.5 Å². The van der Waals surface area contributed by atoms with E-state index in [4.69, 9.17) is 10.5 Å². The molecule has 0 radical (unpaired) electrons. The summed E-state index contributed by atoms with van der Waals surface area (Å²) in [6.45, 7) is 0.496. The smallest absolute Gasteiger partial charge is 0.331 e. The molecule has 1 saturated heterocycles. The Morgan fingerprint density at radius 3 is 2.79 bits per heavy atom. The molecule has 1 aromatic carbocycles. The van der Waals surface area contributed by atoms with Crippen molar-refractivity contribution in [2.75, 3.05) is 19.7 Å². The molecular formula is C17H19BrN2O4. The number of carbonyl (C=O) groups is 3. The molecule has 0 bridgehead atoms. The number of esters is 1. The van der Waals surface area contributed by atoms with E-state index in [0.29, 0.717) is 19.5 Å². The van der Waals surface area contributed by atoms with Gasteiger partial charge in [-0.3, -0.25) is 9.59 Å². The van der Waals surface area contributed by atoms with Crippen LogP contribution in [-0.2, 0) is 19.1 Å². The Hall–Kier alpha value is -2.15. The largest absolute Gasteiger partial charge is 0.452 e. The van der Waals surface area contributed by atoms with Crippen LogP contribution in [0.3, 0.4) is 0 Å². The molecule has 0 spiro atoms. The highest BCUT2D eigenvalue weighted by Gasteiger charge is 2.27. The summed E-state index contributed by atoms with van der Waals surface area (Å²) < 4.78 is 5.82. The highest BCUT2D eigenvalue weighted by Crippen LogP contribution is 2.17. The number of carbonyl (C=O) groups excluding carboxylic acids is 3. The molecule has 0 saturated carbocycles. The Balaban J connectivity index is 1.82. The predicted molar refractivity (Wildman–Crippen MR) is 92.6 cm³/mol. The zero-order valence-corrected chi connectivity index (χ0v) is 14.7. The molecule has 6 nitrogen and oxygen atoms in total. The molecule has 0 unspecified atom stereocenters. The maximum Gasteiger partial charge on any atom is 0.331 e. The van der Waals surface area contributed by atoms with Crippen molar-refractivity contribution in [1.29, 1.82) is 0 Å². The second-order valence-corrected chi connectivity index (χ2v) is 6.40. The number of rotatable bonds is 5. The number of amides is 2. The van der Waals surface area contributed by atoms with Crippen LogP contribution in [0.15, 0.2) is 34.8 Å². The molecule has 7 heteroatoms. The van der Waals surface area contributed by atoms with Crippen molar-refractivity contribution in [2.24, 2.45) is 11.7 Å². The second-order valence-electron chi connectivity index (χ2n) is 5.54. The van der Waals surface area contributed by atoms with E-state index in [2.05, 4.69) is 15.9 Å². The van der Waals surface area contributed by atoms with Crippen molar-refractivity contribution in [2.45, 2.75) is 12.8 Å². The minimum Gasteiger partial charge on any atom is -0.452 e. The number of nitrogens with two attached hydrogens (primary N) is 1. The summed E-state index contributed by atoms with van der Waals surface area (Å²) in [5.74, 6) is -1.64. The highest BCUT2D eigenvalue weighted by molar-refractivity contribution is 9.10. The lowest BCUT2D eigenvalue weighted by Crippen LogP contribution is -2.45. The van der Waals surface area contributed by atoms with Gasteiger partial charge < -0.3 is 15.4 Å². The number of halogens is 1. The summed E-state index contributed by atoms with van der Waals surface area (Å²) in [5, 5.41) is 0. The summed E-state index contributed by atoms with van der Waals surface area (Å²) in [6.07, 6.45) is 4.29. The summed E-state index contributed by atoms with van der Waals surface area (Å²) in [5.41, 5.74) is 6.12. The third kappa shape index (κ3) is 5.19. The normalized spacial score (nSPS) is 17.7. The molecular weight excluding hydrogens is 376 g/mol. The van der Waals surface area contributed by atoms with E-state index in [1.54, 1.807) is 6.08 Å². The van der Waals surface area contributed by atoms with Crippen molar-refractivity contribution in [1.82, 2.24) is 4.90 Å². The molecule has 24 heavy (non-hydrogen) atoms. The highest BCUT2D eigenvalue weighted by atomic mass is 79.9. The lowest BCUT2D eigenvalue weighted by atomic mass is 9.97. The Bertz CT molecular complexity index is 660. The van der Waals surface area contributed by atoms with Gasteiger partial charge in [0.1, 0.15) is 0 Å². The van der Waals surface area contributed by atoms with Crippen LogP contribution in [0.5, 0.6) is 0 Å². The molecule has 2 rings (SSSR count). The van der Waals surface area contributed by atoms with E-state index >= 15 is 0 Å². The van der Waals surface area contributed by atoms with Gasteiger partial charge >= 0.3 is 5.97 Å². The van der Waals surface area contributed by atoms with Gasteiger partial charge in [-0.1, -0.05) is 34.1 Å². The van der Waals surface area contributed by atoms with E-state index < -0.39 is 11.9 Å². The standard InChI is InChI=1S/C17H19BrN2O4/c18-14-6-2-1-4-12(14)7-8-16(22)24-11-15(21)20-9-3-5-13(10-20)17(19)23/h1-2,4,6-8,13H,3,5,9-11H2,(H2,19,23)/b8-7+/t13-/m1/s1. The van der Waals surface area contributed by atoms with Crippen LogP contribution in [0.1, 0.15) is 18.4 Å². The van der Waals surface area contributed by atoms with Crippen LogP contribution in [0.4, 0.5) is 0 Å².